The maximum absolute atomic E-state index is 12.7. The number of amides is 1. The first kappa shape index (κ1) is 22.5. The lowest BCUT2D eigenvalue weighted by molar-refractivity contribution is -0.122. The van der Waals surface area contributed by atoms with Gasteiger partial charge in [0.25, 0.3) is 0 Å². The third-order valence-electron chi connectivity index (χ3n) is 4.16. The predicted molar refractivity (Wildman–Crippen MR) is 114 cm³/mol. The third-order valence-corrected chi connectivity index (χ3v) is 5.40. The van der Waals surface area contributed by atoms with E-state index in [9.17, 15) is 13.2 Å². The molecular weight excluding hydrogens is 392 g/mol. The maximum Gasteiger partial charge on any atom is 0.243 e. The molecule has 2 aromatic rings. The van der Waals surface area contributed by atoms with Crippen molar-refractivity contribution in [2.75, 3.05) is 17.7 Å². The zero-order valence-electron chi connectivity index (χ0n) is 17.4. The number of nitrogens with zero attached hydrogens (tertiary/aromatic N) is 1. The summed E-state index contributed by atoms with van der Waals surface area (Å²) in [4.78, 5) is 12.7. The molecule has 158 valence electrons. The second kappa shape index (κ2) is 9.65. The number of hydrogen-bond donors (Lipinski definition) is 1. The van der Waals surface area contributed by atoms with Gasteiger partial charge in [0.15, 0.2) is 0 Å². The molecule has 2 aromatic carbocycles. The van der Waals surface area contributed by atoms with Gasteiger partial charge in [0, 0.05) is 12.6 Å². The SMILES string of the molecule is COc1cccc(N([C@H](C)C(=O)NCc2ccc(OC(C)C)cc2)S(C)(=O)=O)c1. The van der Waals surface area contributed by atoms with Crippen LogP contribution in [0.3, 0.4) is 0 Å². The Morgan fingerprint density at radius 3 is 2.28 bits per heavy atom. The molecule has 0 saturated heterocycles. The fraction of sp³-hybridized carbons (Fsp3) is 0.381. The van der Waals surface area contributed by atoms with Crippen molar-refractivity contribution in [2.45, 2.75) is 39.5 Å². The monoisotopic (exact) mass is 420 g/mol. The van der Waals surface area contributed by atoms with E-state index < -0.39 is 22.0 Å². The molecule has 8 heteroatoms. The summed E-state index contributed by atoms with van der Waals surface area (Å²) < 4.78 is 36.6. The molecule has 29 heavy (non-hydrogen) atoms. The van der Waals surface area contributed by atoms with Gasteiger partial charge in [0.2, 0.25) is 15.9 Å². The lowest BCUT2D eigenvalue weighted by Crippen LogP contribution is -2.47. The van der Waals surface area contributed by atoms with E-state index in [1.165, 1.54) is 7.11 Å². The summed E-state index contributed by atoms with van der Waals surface area (Å²) in [5.74, 6) is 0.859. The first-order valence-corrected chi connectivity index (χ1v) is 11.1. The summed E-state index contributed by atoms with van der Waals surface area (Å²) in [7, 11) is -2.19. The van der Waals surface area contributed by atoms with Gasteiger partial charge in [-0.25, -0.2) is 8.42 Å². The zero-order chi connectivity index (χ0) is 21.6. The number of nitrogens with one attached hydrogen (secondary N) is 1. The van der Waals surface area contributed by atoms with Gasteiger partial charge in [0.05, 0.1) is 25.2 Å². The molecule has 0 aliphatic rings. The van der Waals surface area contributed by atoms with Gasteiger partial charge < -0.3 is 14.8 Å². The number of methoxy groups -OCH3 is 1. The smallest absolute Gasteiger partial charge is 0.243 e. The van der Waals surface area contributed by atoms with Gasteiger partial charge in [-0.15, -0.1) is 0 Å². The Hall–Kier alpha value is -2.74. The second-order valence-corrected chi connectivity index (χ2v) is 8.82. The van der Waals surface area contributed by atoms with Crippen molar-refractivity contribution < 1.29 is 22.7 Å². The number of carbonyl (C=O) groups excluding carboxylic acids is 1. The standard InChI is InChI=1S/C21H28N2O5S/c1-15(2)28-19-11-9-17(10-12-19)14-22-21(24)16(3)23(29(5,25)26)18-7-6-8-20(13-18)27-4/h6-13,15-16H,14H2,1-5H3,(H,22,24)/t16-/m1/s1. The van der Waals surface area contributed by atoms with Crippen LogP contribution in [0.4, 0.5) is 5.69 Å². The number of benzene rings is 2. The van der Waals surface area contributed by atoms with Crippen LogP contribution < -0.4 is 19.1 Å². The van der Waals surface area contributed by atoms with Gasteiger partial charge in [-0.1, -0.05) is 18.2 Å². The van der Waals surface area contributed by atoms with Gasteiger partial charge in [-0.05, 0) is 50.6 Å². The summed E-state index contributed by atoms with van der Waals surface area (Å²) in [5, 5.41) is 2.79. The van der Waals surface area contributed by atoms with Crippen LogP contribution in [0.1, 0.15) is 26.3 Å². The van der Waals surface area contributed by atoms with Crippen LogP contribution in [0.25, 0.3) is 0 Å². The summed E-state index contributed by atoms with van der Waals surface area (Å²) in [5.41, 5.74) is 1.25. The van der Waals surface area contributed by atoms with Crippen molar-refractivity contribution in [1.82, 2.24) is 5.32 Å². The normalized spacial score (nSPS) is 12.3. The molecule has 1 amide bonds. The van der Waals surface area contributed by atoms with Gasteiger partial charge in [0.1, 0.15) is 17.5 Å². The molecule has 0 aromatic heterocycles. The number of ether oxygens (including phenoxy) is 2. The average Bonchev–Trinajstić information content (AvgIpc) is 2.66. The molecule has 0 spiro atoms. The van der Waals surface area contributed by atoms with E-state index in [1.807, 2.05) is 38.1 Å². The lowest BCUT2D eigenvalue weighted by atomic mass is 10.2. The van der Waals surface area contributed by atoms with Crippen LogP contribution in [0.5, 0.6) is 11.5 Å². The molecule has 0 fully saturated rings. The summed E-state index contributed by atoms with van der Waals surface area (Å²) in [6.07, 6.45) is 1.16. The van der Waals surface area contributed by atoms with Crippen LogP contribution in [0, 0.1) is 0 Å². The molecule has 1 N–H and O–H groups in total. The van der Waals surface area contributed by atoms with Crippen LogP contribution in [0.15, 0.2) is 48.5 Å². The molecule has 0 bridgehead atoms. The lowest BCUT2D eigenvalue weighted by Gasteiger charge is -2.28. The van der Waals surface area contributed by atoms with Gasteiger partial charge in [-0.2, -0.15) is 0 Å². The van der Waals surface area contributed by atoms with E-state index >= 15 is 0 Å². The molecule has 0 aliphatic carbocycles. The third kappa shape index (κ3) is 6.39. The average molecular weight is 421 g/mol. The molecule has 0 saturated carbocycles. The summed E-state index contributed by atoms with van der Waals surface area (Å²) >= 11 is 0. The Kier molecular flexibility index (Phi) is 7.50. The molecule has 0 unspecified atom stereocenters. The molecule has 1 atom stereocenters. The van der Waals surface area contributed by atoms with E-state index in [4.69, 9.17) is 9.47 Å². The maximum atomic E-state index is 12.7. The molecular formula is C21H28N2O5S. The Bertz CT molecular complexity index is 926. The Labute approximate surface area is 172 Å². The number of sulfonamides is 1. The highest BCUT2D eigenvalue weighted by atomic mass is 32.2. The highest BCUT2D eigenvalue weighted by Crippen LogP contribution is 2.25. The molecule has 7 nitrogen and oxygen atoms in total. The Balaban J connectivity index is 2.11. The largest absolute Gasteiger partial charge is 0.497 e. The fourth-order valence-corrected chi connectivity index (χ4v) is 4.02. The van der Waals surface area contributed by atoms with Crippen molar-refractivity contribution in [2.24, 2.45) is 0 Å². The van der Waals surface area contributed by atoms with Crippen molar-refractivity contribution in [1.29, 1.82) is 0 Å². The number of rotatable bonds is 9. The summed E-state index contributed by atoms with van der Waals surface area (Å²) in [6, 6.07) is 13.1. The minimum absolute atomic E-state index is 0.0833. The van der Waals surface area contributed by atoms with E-state index in [2.05, 4.69) is 5.32 Å². The number of carbonyl (C=O) groups is 1. The highest BCUT2D eigenvalue weighted by molar-refractivity contribution is 7.92. The quantitative estimate of drug-likeness (QED) is 0.674. The first-order valence-electron chi connectivity index (χ1n) is 9.28. The molecule has 0 heterocycles. The minimum atomic E-state index is -3.69. The molecule has 0 radical (unpaired) electrons. The number of hydrogen-bond acceptors (Lipinski definition) is 5. The zero-order valence-corrected chi connectivity index (χ0v) is 18.2. The first-order chi connectivity index (χ1) is 13.6. The van der Waals surface area contributed by atoms with Crippen LogP contribution >= 0.6 is 0 Å². The summed E-state index contributed by atoms with van der Waals surface area (Å²) in [6.45, 7) is 5.73. The van der Waals surface area contributed by atoms with E-state index in [0.29, 0.717) is 11.4 Å². The fourth-order valence-electron chi connectivity index (χ4n) is 2.85. The number of anilines is 1. The van der Waals surface area contributed by atoms with Gasteiger partial charge >= 0.3 is 0 Å². The predicted octanol–water partition coefficient (Wildman–Crippen LogP) is 2.95. The van der Waals surface area contributed by atoms with E-state index in [0.717, 1.165) is 21.9 Å². The highest BCUT2D eigenvalue weighted by Gasteiger charge is 2.29. The van der Waals surface area contributed by atoms with Crippen molar-refractivity contribution in [3.8, 4) is 11.5 Å². The van der Waals surface area contributed by atoms with Crippen LogP contribution in [0.2, 0.25) is 0 Å². The topological polar surface area (TPSA) is 84.9 Å². The Morgan fingerprint density at radius 1 is 1.07 bits per heavy atom. The van der Waals surface area contributed by atoms with Crippen LogP contribution in [-0.2, 0) is 21.4 Å². The van der Waals surface area contributed by atoms with Crippen molar-refractivity contribution >= 4 is 21.6 Å². The van der Waals surface area contributed by atoms with E-state index in [1.54, 1.807) is 31.2 Å². The minimum Gasteiger partial charge on any atom is -0.497 e. The molecule has 2 rings (SSSR count). The van der Waals surface area contributed by atoms with Crippen LogP contribution in [-0.4, -0.2) is 39.8 Å². The van der Waals surface area contributed by atoms with Crippen molar-refractivity contribution in [3.05, 3.63) is 54.1 Å². The Morgan fingerprint density at radius 2 is 1.72 bits per heavy atom. The van der Waals surface area contributed by atoms with Gasteiger partial charge in [-0.3, -0.25) is 9.10 Å². The second-order valence-electron chi connectivity index (χ2n) is 6.96. The molecule has 0 aliphatic heterocycles. The van der Waals surface area contributed by atoms with E-state index in [-0.39, 0.29) is 12.6 Å². The van der Waals surface area contributed by atoms with Crippen molar-refractivity contribution in [3.63, 3.8) is 0 Å².